The molecule has 0 atom stereocenters. The van der Waals surface area contributed by atoms with Gasteiger partial charge in [0.1, 0.15) is 0 Å². The lowest BCUT2D eigenvalue weighted by Gasteiger charge is -2.21. The average molecular weight is 622 g/mol. The maximum absolute atomic E-state index is 2.48. The van der Waals surface area contributed by atoms with Gasteiger partial charge in [-0.15, -0.1) is 0 Å². The van der Waals surface area contributed by atoms with E-state index in [4.69, 9.17) is 0 Å². The summed E-state index contributed by atoms with van der Waals surface area (Å²) < 4.78 is 2.28. The van der Waals surface area contributed by atoms with Crippen molar-refractivity contribution in [3.05, 3.63) is 120 Å². The van der Waals surface area contributed by atoms with Gasteiger partial charge in [0, 0.05) is 68.5 Å². The Hall–Kier alpha value is -3.35. The van der Waals surface area contributed by atoms with Crippen LogP contribution < -0.4 is 14.4 Å². The highest BCUT2D eigenvalue weighted by Crippen LogP contribution is 2.24. The van der Waals surface area contributed by atoms with Gasteiger partial charge in [0.2, 0.25) is 0 Å². The molecule has 2 aromatic carbocycles. The van der Waals surface area contributed by atoms with Crippen LogP contribution >= 0.6 is 21.6 Å². The Morgan fingerprint density at radius 3 is 1.68 bits per heavy atom. The molecular formula is C38H45N4S2+. The Balaban J connectivity index is 0.837. The molecule has 2 fully saturated rings. The van der Waals surface area contributed by atoms with Crippen LogP contribution in [-0.2, 0) is 6.54 Å². The standard InChI is InChI=1S/C38H45N4S2/c1-2-22-41(21-1)37-13-9-33(10-14-37)5-7-35-17-25-39(26-18-35)29-31-43-44-32-30-40-27-19-36(20-28-40)8-6-34-11-15-38(16-12-34)42-23-3-4-24-42/h5-20,25-27H,1-4,21-24,28-32H2/q+1/b8-6+. The monoisotopic (exact) mass is 621 g/mol. The van der Waals surface area contributed by atoms with E-state index < -0.39 is 0 Å². The van der Waals surface area contributed by atoms with Crippen LogP contribution in [0.25, 0.3) is 18.2 Å². The maximum atomic E-state index is 2.48. The molecule has 6 heteroatoms. The molecular weight excluding hydrogens is 577 g/mol. The Morgan fingerprint density at radius 1 is 0.614 bits per heavy atom. The molecule has 0 bridgehead atoms. The number of aryl methyl sites for hydroxylation is 1. The van der Waals surface area contributed by atoms with E-state index in [1.807, 2.05) is 21.6 Å². The number of benzene rings is 2. The summed E-state index contributed by atoms with van der Waals surface area (Å²) in [7, 11) is 3.95. The van der Waals surface area contributed by atoms with Crippen LogP contribution in [0.2, 0.25) is 0 Å². The van der Waals surface area contributed by atoms with Crippen molar-refractivity contribution in [2.24, 2.45) is 0 Å². The van der Waals surface area contributed by atoms with E-state index in [1.54, 1.807) is 0 Å². The van der Waals surface area contributed by atoms with Gasteiger partial charge in [0.15, 0.2) is 18.9 Å². The predicted molar refractivity (Wildman–Crippen MR) is 194 cm³/mol. The lowest BCUT2D eigenvalue weighted by atomic mass is 10.1. The normalized spacial score (nSPS) is 17.0. The van der Waals surface area contributed by atoms with E-state index in [0.29, 0.717) is 0 Å². The first-order chi connectivity index (χ1) is 21.8. The number of hydrogen-bond donors (Lipinski definition) is 0. The highest BCUT2D eigenvalue weighted by atomic mass is 33.1. The molecule has 2 saturated heterocycles. The third-order valence-corrected chi connectivity index (χ3v) is 11.0. The molecule has 0 aliphatic carbocycles. The fourth-order valence-corrected chi connectivity index (χ4v) is 7.89. The molecule has 4 heterocycles. The molecule has 3 aliphatic rings. The van der Waals surface area contributed by atoms with Gasteiger partial charge in [-0.1, -0.05) is 76.2 Å². The topological polar surface area (TPSA) is 13.6 Å². The number of hydrogen-bond acceptors (Lipinski definition) is 5. The Labute approximate surface area is 272 Å². The molecule has 0 spiro atoms. The number of anilines is 2. The Kier molecular flexibility index (Phi) is 11.2. The first kappa shape index (κ1) is 30.7. The summed E-state index contributed by atoms with van der Waals surface area (Å²) in [6.45, 7) is 7.87. The second kappa shape index (κ2) is 16.1. The van der Waals surface area contributed by atoms with Gasteiger partial charge in [-0.25, -0.2) is 4.57 Å². The van der Waals surface area contributed by atoms with Gasteiger partial charge >= 0.3 is 0 Å². The van der Waals surface area contributed by atoms with E-state index in [2.05, 4.69) is 135 Å². The third-order valence-electron chi connectivity index (χ3n) is 8.60. The van der Waals surface area contributed by atoms with Crippen molar-refractivity contribution in [1.29, 1.82) is 0 Å². The largest absolute Gasteiger partial charge is 0.373 e. The van der Waals surface area contributed by atoms with Crippen LogP contribution in [0.4, 0.5) is 11.4 Å². The second-order valence-corrected chi connectivity index (χ2v) is 14.5. The first-order valence-corrected chi connectivity index (χ1v) is 18.7. The minimum absolute atomic E-state index is 0.982. The molecule has 3 aliphatic heterocycles. The van der Waals surface area contributed by atoms with Crippen molar-refractivity contribution in [2.75, 3.05) is 60.6 Å². The van der Waals surface area contributed by atoms with Gasteiger partial charge in [0.25, 0.3) is 0 Å². The molecule has 0 N–H and O–H groups in total. The summed E-state index contributed by atoms with van der Waals surface area (Å²) in [6.07, 6.45) is 25.3. The molecule has 6 rings (SSSR count). The molecule has 1 aromatic heterocycles. The van der Waals surface area contributed by atoms with E-state index in [9.17, 15) is 0 Å². The zero-order valence-electron chi connectivity index (χ0n) is 25.8. The van der Waals surface area contributed by atoms with Crippen LogP contribution in [0, 0.1) is 0 Å². The van der Waals surface area contributed by atoms with Crippen LogP contribution in [-0.4, -0.2) is 55.7 Å². The number of pyridine rings is 1. The lowest BCUT2D eigenvalue weighted by molar-refractivity contribution is -0.692. The quantitative estimate of drug-likeness (QED) is 0.108. The highest BCUT2D eigenvalue weighted by Gasteiger charge is 2.12. The molecule has 228 valence electrons. The smallest absolute Gasteiger partial charge is 0.169 e. The predicted octanol–water partition coefficient (Wildman–Crippen LogP) is 8.20. The molecule has 3 aromatic rings. The summed E-state index contributed by atoms with van der Waals surface area (Å²) >= 11 is 0. The fraction of sp³-hybridized carbons (Fsp3) is 0.342. The van der Waals surface area contributed by atoms with Crippen LogP contribution in [0.1, 0.15) is 42.4 Å². The summed E-state index contributed by atoms with van der Waals surface area (Å²) in [5.41, 5.74) is 7.75. The minimum Gasteiger partial charge on any atom is -0.373 e. The zero-order chi connectivity index (χ0) is 29.8. The van der Waals surface area contributed by atoms with Crippen LogP contribution in [0.5, 0.6) is 0 Å². The molecule has 0 radical (unpaired) electrons. The number of allylic oxidation sites excluding steroid dienone is 3. The zero-order valence-corrected chi connectivity index (χ0v) is 27.4. The van der Waals surface area contributed by atoms with E-state index in [-0.39, 0.29) is 0 Å². The van der Waals surface area contributed by atoms with Crippen molar-refractivity contribution >= 4 is 51.2 Å². The summed E-state index contributed by atoms with van der Waals surface area (Å²) in [6, 6.07) is 22.4. The SMILES string of the molecule is C1=CN(CCSSCC[n+]2ccc(/C=C/c3ccc(N4CCCC4)cc3)cc2)CC=C1/C=C/c1ccc(N2CCCC2)cc1. The summed E-state index contributed by atoms with van der Waals surface area (Å²) in [5.74, 6) is 2.24. The van der Waals surface area contributed by atoms with E-state index >= 15 is 0 Å². The minimum atomic E-state index is 0.982. The van der Waals surface area contributed by atoms with Gasteiger partial charge in [-0.05, 0) is 84.5 Å². The van der Waals surface area contributed by atoms with Gasteiger partial charge in [-0.2, -0.15) is 0 Å². The molecule has 0 unspecified atom stereocenters. The van der Waals surface area contributed by atoms with E-state index in [0.717, 1.165) is 31.1 Å². The third kappa shape index (κ3) is 9.09. The Bertz CT molecular complexity index is 1430. The van der Waals surface area contributed by atoms with Gasteiger partial charge in [0.05, 0.1) is 5.75 Å². The molecule has 0 amide bonds. The molecule has 4 nitrogen and oxygen atoms in total. The number of nitrogens with zero attached hydrogens (tertiary/aromatic N) is 4. The highest BCUT2D eigenvalue weighted by molar-refractivity contribution is 8.76. The fourth-order valence-electron chi connectivity index (χ4n) is 5.90. The van der Waals surface area contributed by atoms with Crippen molar-refractivity contribution in [1.82, 2.24) is 4.90 Å². The van der Waals surface area contributed by atoms with Crippen molar-refractivity contribution < 1.29 is 4.57 Å². The van der Waals surface area contributed by atoms with Crippen molar-refractivity contribution in [3.63, 3.8) is 0 Å². The van der Waals surface area contributed by atoms with Crippen LogP contribution in [0.15, 0.2) is 103 Å². The average Bonchev–Trinajstić information content (AvgIpc) is 3.82. The molecule has 44 heavy (non-hydrogen) atoms. The first-order valence-electron chi connectivity index (χ1n) is 16.2. The maximum Gasteiger partial charge on any atom is 0.169 e. The van der Waals surface area contributed by atoms with Crippen molar-refractivity contribution in [3.8, 4) is 0 Å². The summed E-state index contributed by atoms with van der Waals surface area (Å²) in [5, 5.41) is 0. The van der Waals surface area contributed by atoms with Gasteiger partial charge in [-0.3, -0.25) is 0 Å². The van der Waals surface area contributed by atoms with Gasteiger partial charge < -0.3 is 14.7 Å². The Morgan fingerprint density at radius 2 is 1.14 bits per heavy atom. The summed E-state index contributed by atoms with van der Waals surface area (Å²) in [4.78, 5) is 7.37. The second-order valence-electron chi connectivity index (χ2n) is 11.8. The van der Waals surface area contributed by atoms with Crippen molar-refractivity contribution in [2.45, 2.75) is 32.2 Å². The lowest BCUT2D eigenvalue weighted by Crippen LogP contribution is -2.33. The number of rotatable bonds is 13. The van der Waals surface area contributed by atoms with Crippen LogP contribution in [0.3, 0.4) is 0 Å². The van der Waals surface area contributed by atoms with E-state index in [1.165, 1.54) is 85.5 Å². The number of aromatic nitrogens is 1. The molecule has 0 saturated carbocycles.